The second kappa shape index (κ2) is 8.42. The first-order chi connectivity index (χ1) is 14.7. The Balaban J connectivity index is 1.66. The van der Waals surface area contributed by atoms with E-state index in [0.29, 0.717) is 23.0 Å². The van der Waals surface area contributed by atoms with Crippen LogP contribution in [0.4, 0.5) is 5.69 Å². The van der Waals surface area contributed by atoms with Crippen LogP contribution in [0.2, 0.25) is 0 Å². The highest BCUT2D eigenvalue weighted by atomic mass is 16.3. The molecule has 0 aliphatic heterocycles. The Labute approximate surface area is 183 Å². The van der Waals surface area contributed by atoms with Crippen LogP contribution in [-0.2, 0) is 5.60 Å². The number of aromatic nitrogens is 3. The smallest absolute Gasteiger partial charge is 0.274 e. The summed E-state index contributed by atoms with van der Waals surface area (Å²) in [5.74, 6) is 0.541. The highest BCUT2D eigenvalue weighted by molar-refractivity contribution is 6.04. The molecule has 0 atom stereocenters. The summed E-state index contributed by atoms with van der Waals surface area (Å²) in [6.07, 6.45) is 8.11. The summed E-state index contributed by atoms with van der Waals surface area (Å²) < 4.78 is 2.08. The van der Waals surface area contributed by atoms with E-state index in [4.69, 9.17) is 5.10 Å². The summed E-state index contributed by atoms with van der Waals surface area (Å²) in [6.45, 7) is 7.57. The third kappa shape index (κ3) is 4.64. The second-order valence-corrected chi connectivity index (χ2v) is 9.33. The third-order valence-electron chi connectivity index (χ3n) is 6.46. The van der Waals surface area contributed by atoms with Crippen molar-refractivity contribution in [1.82, 2.24) is 14.8 Å². The summed E-state index contributed by atoms with van der Waals surface area (Å²) >= 11 is 0. The molecule has 1 aliphatic carbocycles. The molecule has 1 amide bonds. The Bertz CT molecular complexity index is 1090. The Morgan fingerprint density at radius 3 is 2.61 bits per heavy atom. The van der Waals surface area contributed by atoms with Gasteiger partial charge in [0.15, 0.2) is 0 Å². The summed E-state index contributed by atoms with van der Waals surface area (Å²) in [5, 5.41) is 19.5. The van der Waals surface area contributed by atoms with Gasteiger partial charge in [-0.3, -0.25) is 9.48 Å². The van der Waals surface area contributed by atoms with Crippen molar-refractivity contribution in [2.75, 3.05) is 5.32 Å². The van der Waals surface area contributed by atoms with Crippen LogP contribution in [-0.4, -0.2) is 25.8 Å². The third-order valence-corrected chi connectivity index (χ3v) is 6.46. The molecule has 0 spiro atoms. The number of hydrogen-bond donors (Lipinski definition) is 2. The number of aliphatic hydroxyl groups is 1. The number of hydrogen-bond acceptors (Lipinski definition) is 4. The number of carbonyl (C=O) groups excluding carboxylic acids is 1. The maximum Gasteiger partial charge on any atom is 0.274 e. The van der Waals surface area contributed by atoms with Gasteiger partial charge in [-0.05, 0) is 76.6 Å². The number of anilines is 1. The van der Waals surface area contributed by atoms with Crippen LogP contribution in [0.15, 0.2) is 36.5 Å². The van der Waals surface area contributed by atoms with E-state index in [2.05, 4.69) is 28.1 Å². The quantitative estimate of drug-likeness (QED) is 0.582. The molecule has 2 N–H and O–H groups in total. The van der Waals surface area contributed by atoms with Crippen LogP contribution in [0.1, 0.15) is 80.7 Å². The van der Waals surface area contributed by atoms with Crippen LogP contribution in [0.5, 0.6) is 0 Å². The molecule has 2 heterocycles. The SMILES string of the molecule is CC[C@H]1CC[C@H](n2cc3cc(NC(=O)c4cccc(C)n4)c(C(C)(C)O)cc3n2)CC1. The van der Waals surface area contributed by atoms with E-state index in [0.717, 1.165) is 35.4 Å². The Kier molecular flexibility index (Phi) is 5.84. The molecule has 6 heteroatoms. The number of benzene rings is 1. The van der Waals surface area contributed by atoms with Gasteiger partial charge in [-0.2, -0.15) is 5.10 Å². The predicted octanol–water partition coefficient (Wildman–Crippen LogP) is 5.36. The first-order valence-corrected chi connectivity index (χ1v) is 11.3. The van der Waals surface area contributed by atoms with Crippen molar-refractivity contribution in [2.24, 2.45) is 5.92 Å². The minimum absolute atomic E-state index is 0.293. The second-order valence-electron chi connectivity index (χ2n) is 9.33. The van der Waals surface area contributed by atoms with E-state index in [1.807, 2.05) is 31.2 Å². The zero-order valence-corrected chi connectivity index (χ0v) is 18.9. The normalized spacial score (nSPS) is 19.5. The summed E-state index contributed by atoms with van der Waals surface area (Å²) in [4.78, 5) is 17.1. The number of rotatable bonds is 5. The highest BCUT2D eigenvalue weighted by Gasteiger charge is 2.25. The number of nitrogens with zero attached hydrogens (tertiary/aromatic N) is 3. The average molecular weight is 421 g/mol. The van der Waals surface area contributed by atoms with Gasteiger partial charge >= 0.3 is 0 Å². The van der Waals surface area contributed by atoms with Crippen molar-refractivity contribution in [3.8, 4) is 0 Å². The van der Waals surface area contributed by atoms with Crippen molar-refractivity contribution < 1.29 is 9.90 Å². The van der Waals surface area contributed by atoms with Crippen molar-refractivity contribution >= 4 is 22.5 Å². The van der Waals surface area contributed by atoms with E-state index in [1.165, 1.54) is 19.3 Å². The fraction of sp³-hybridized carbons (Fsp3) is 0.480. The molecule has 2 aromatic heterocycles. The van der Waals surface area contributed by atoms with Gasteiger partial charge in [-0.15, -0.1) is 0 Å². The lowest BCUT2D eigenvalue weighted by molar-refractivity contribution is 0.0793. The molecule has 3 aromatic rings. The lowest BCUT2D eigenvalue weighted by Crippen LogP contribution is -2.21. The Hall–Kier alpha value is -2.73. The van der Waals surface area contributed by atoms with E-state index in [-0.39, 0.29) is 5.91 Å². The summed E-state index contributed by atoms with van der Waals surface area (Å²) in [6, 6.07) is 9.58. The number of nitrogens with one attached hydrogen (secondary N) is 1. The van der Waals surface area contributed by atoms with E-state index in [1.54, 1.807) is 19.9 Å². The summed E-state index contributed by atoms with van der Waals surface area (Å²) in [5.41, 5.74) is 2.07. The van der Waals surface area contributed by atoms with Crippen LogP contribution >= 0.6 is 0 Å². The molecule has 1 aromatic carbocycles. The molecule has 1 aliphatic rings. The van der Waals surface area contributed by atoms with Crippen LogP contribution in [0.3, 0.4) is 0 Å². The molecule has 164 valence electrons. The minimum atomic E-state index is -1.13. The monoisotopic (exact) mass is 420 g/mol. The van der Waals surface area contributed by atoms with Crippen molar-refractivity contribution in [2.45, 2.75) is 71.4 Å². The lowest BCUT2D eigenvalue weighted by atomic mass is 9.85. The number of carbonyl (C=O) groups is 1. The van der Waals surface area contributed by atoms with Gasteiger partial charge in [0.25, 0.3) is 5.91 Å². The van der Waals surface area contributed by atoms with Crippen LogP contribution in [0, 0.1) is 12.8 Å². The first kappa shape index (κ1) is 21.5. The molecule has 0 bridgehead atoms. The zero-order chi connectivity index (χ0) is 22.2. The maximum absolute atomic E-state index is 12.8. The molecule has 31 heavy (non-hydrogen) atoms. The molecule has 1 fully saturated rings. The molecule has 0 radical (unpaired) electrons. The highest BCUT2D eigenvalue weighted by Crippen LogP contribution is 2.36. The fourth-order valence-electron chi connectivity index (χ4n) is 4.56. The van der Waals surface area contributed by atoms with Crippen LogP contribution in [0.25, 0.3) is 10.9 Å². The van der Waals surface area contributed by atoms with Crippen LogP contribution < -0.4 is 5.32 Å². The average Bonchev–Trinajstić information content (AvgIpc) is 3.15. The molecular formula is C25H32N4O2. The molecular weight excluding hydrogens is 388 g/mol. The van der Waals surface area contributed by atoms with Crippen molar-refractivity contribution in [1.29, 1.82) is 0 Å². The van der Waals surface area contributed by atoms with Crippen molar-refractivity contribution in [3.05, 3.63) is 53.5 Å². The van der Waals surface area contributed by atoms with Gasteiger partial charge in [0.1, 0.15) is 5.69 Å². The van der Waals surface area contributed by atoms with Gasteiger partial charge < -0.3 is 10.4 Å². The first-order valence-electron chi connectivity index (χ1n) is 11.3. The Morgan fingerprint density at radius 1 is 1.23 bits per heavy atom. The summed E-state index contributed by atoms with van der Waals surface area (Å²) in [7, 11) is 0. The zero-order valence-electron chi connectivity index (χ0n) is 18.9. The largest absolute Gasteiger partial charge is 0.386 e. The molecule has 6 nitrogen and oxygen atoms in total. The number of pyridine rings is 1. The van der Waals surface area contributed by atoms with Gasteiger partial charge in [0.05, 0.1) is 17.2 Å². The Morgan fingerprint density at radius 2 is 1.97 bits per heavy atom. The van der Waals surface area contributed by atoms with E-state index < -0.39 is 5.60 Å². The lowest BCUT2D eigenvalue weighted by Gasteiger charge is -2.27. The number of amides is 1. The maximum atomic E-state index is 12.8. The minimum Gasteiger partial charge on any atom is -0.386 e. The van der Waals surface area contributed by atoms with Gasteiger partial charge in [-0.1, -0.05) is 19.4 Å². The molecule has 0 saturated heterocycles. The van der Waals surface area contributed by atoms with E-state index >= 15 is 0 Å². The van der Waals surface area contributed by atoms with Gasteiger partial charge in [-0.25, -0.2) is 4.98 Å². The van der Waals surface area contributed by atoms with Crippen molar-refractivity contribution in [3.63, 3.8) is 0 Å². The standard InChI is InChI=1S/C25H32N4O2/c1-5-17-9-11-19(12-10-17)29-15-18-13-23(20(25(3,4)31)14-22(18)28-29)27-24(30)21-8-6-7-16(2)26-21/h6-8,13-15,17,19,31H,5,9-12H2,1-4H3,(H,27,30)/t17-,19-. The van der Waals surface area contributed by atoms with Gasteiger partial charge in [0.2, 0.25) is 0 Å². The van der Waals surface area contributed by atoms with Gasteiger partial charge in [0, 0.05) is 28.5 Å². The molecule has 0 unspecified atom stereocenters. The number of fused-ring (bicyclic) bond motifs is 1. The van der Waals surface area contributed by atoms with E-state index in [9.17, 15) is 9.90 Å². The predicted molar refractivity (Wildman–Crippen MR) is 123 cm³/mol. The molecule has 1 saturated carbocycles. The topological polar surface area (TPSA) is 80.0 Å². The number of aryl methyl sites for hydroxylation is 1. The molecule has 4 rings (SSSR count). The fourth-order valence-corrected chi connectivity index (χ4v) is 4.56.